The zero-order chi connectivity index (χ0) is 35.7. The molecule has 0 saturated carbocycles. The number of hydrogen-bond donors (Lipinski definition) is 3. The number of aliphatic hydroxyl groups excluding tert-OH is 1. The fourth-order valence-corrected chi connectivity index (χ4v) is 6.65. The Morgan fingerprint density at radius 3 is 2.21 bits per heavy atom. The predicted molar refractivity (Wildman–Crippen MR) is 201 cm³/mol. The van der Waals surface area contributed by atoms with Crippen molar-refractivity contribution in [2.45, 2.75) is 38.6 Å². The standard InChI is InChI=1S/C43H45N3O6/c1-30-40(28-46-22-24-49-25-23-46)51-42(52-41(30)34-12-10-31(29-47)11-13-34)35-16-14-33(15-17-35)36-7-5-6-32(26-36)27-44-43(48)45-37-18-20-39(21-19-37)50-38-8-3-2-4-9-38/h2-21,26,30,40-42,47H,22-25,27-29H2,1H3,(H2,44,45,48)/t30-,40+,41+,42+/m0/s1. The minimum atomic E-state index is -0.527. The summed E-state index contributed by atoms with van der Waals surface area (Å²) >= 11 is 0. The first-order valence-electron chi connectivity index (χ1n) is 17.9. The van der Waals surface area contributed by atoms with Crippen LogP contribution in [0.1, 0.15) is 41.6 Å². The van der Waals surface area contributed by atoms with E-state index in [4.69, 9.17) is 18.9 Å². The first-order chi connectivity index (χ1) is 25.5. The molecule has 0 aromatic heterocycles. The van der Waals surface area contributed by atoms with Crippen molar-refractivity contribution in [1.82, 2.24) is 10.2 Å². The van der Waals surface area contributed by atoms with Gasteiger partial charge in [0.2, 0.25) is 0 Å². The average molecular weight is 700 g/mol. The van der Waals surface area contributed by atoms with E-state index in [0.29, 0.717) is 18.0 Å². The van der Waals surface area contributed by atoms with Gasteiger partial charge in [-0.1, -0.05) is 91.9 Å². The van der Waals surface area contributed by atoms with Gasteiger partial charge in [-0.25, -0.2) is 4.79 Å². The molecular weight excluding hydrogens is 654 g/mol. The highest BCUT2D eigenvalue weighted by Crippen LogP contribution is 2.42. The highest BCUT2D eigenvalue weighted by Gasteiger charge is 2.39. The van der Waals surface area contributed by atoms with Gasteiger partial charge in [-0.05, 0) is 70.3 Å². The maximum Gasteiger partial charge on any atom is 0.319 e. The zero-order valence-electron chi connectivity index (χ0n) is 29.3. The van der Waals surface area contributed by atoms with E-state index in [0.717, 1.165) is 72.0 Å². The minimum Gasteiger partial charge on any atom is -0.457 e. The third-order valence-corrected chi connectivity index (χ3v) is 9.65. The van der Waals surface area contributed by atoms with Crippen LogP contribution in [0.4, 0.5) is 10.5 Å². The Bertz CT molecular complexity index is 1880. The number of carbonyl (C=O) groups excluding carboxylic acids is 1. The number of ether oxygens (including phenoxy) is 4. The first kappa shape index (κ1) is 35.4. The topological polar surface area (TPSA) is 102 Å². The maximum atomic E-state index is 12.7. The molecule has 2 saturated heterocycles. The Labute approximate surface area is 305 Å². The fraction of sp³-hybridized carbons (Fsp3) is 0.279. The predicted octanol–water partition coefficient (Wildman–Crippen LogP) is 8.08. The summed E-state index contributed by atoms with van der Waals surface area (Å²) < 4.78 is 24.8. The van der Waals surface area contributed by atoms with Crippen molar-refractivity contribution in [3.63, 3.8) is 0 Å². The van der Waals surface area contributed by atoms with E-state index in [2.05, 4.69) is 71.0 Å². The van der Waals surface area contributed by atoms with Crippen LogP contribution in [0.15, 0.2) is 127 Å². The van der Waals surface area contributed by atoms with Gasteiger partial charge in [-0.15, -0.1) is 0 Å². The molecule has 268 valence electrons. The molecule has 0 unspecified atom stereocenters. The molecule has 0 bridgehead atoms. The quantitative estimate of drug-likeness (QED) is 0.128. The second-order valence-electron chi connectivity index (χ2n) is 13.3. The summed E-state index contributed by atoms with van der Waals surface area (Å²) in [6.45, 7) is 6.64. The summed E-state index contributed by atoms with van der Waals surface area (Å²) in [6.07, 6.45) is -0.722. The second-order valence-corrected chi connectivity index (χ2v) is 13.3. The molecule has 0 aliphatic carbocycles. The number of hydrogen-bond acceptors (Lipinski definition) is 7. The lowest BCUT2D eigenvalue weighted by Gasteiger charge is -2.43. The summed E-state index contributed by atoms with van der Waals surface area (Å²) in [5.74, 6) is 1.57. The monoisotopic (exact) mass is 699 g/mol. The van der Waals surface area contributed by atoms with Crippen molar-refractivity contribution < 1.29 is 28.8 Å². The molecule has 9 heteroatoms. The summed E-state index contributed by atoms with van der Waals surface area (Å²) in [6, 6.07) is 41.0. The van der Waals surface area contributed by atoms with Gasteiger partial charge in [0.1, 0.15) is 11.5 Å². The number of urea groups is 1. The van der Waals surface area contributed by atoms with Crippen LogP contribution < -0.4 is 15.4 Å². The normalized spacial score (nSPS) is 20.6. The van der Waals surface area contributed by atoms with Crippen LogP contribution in [0.2, 0.25) is 0 Å². The van der Waals surface area contributed by atoms with E-state index in [-0.39, 0.29) is 30.8 Å². The number of benzene rings is 5. The van der Waals surface area contributed by atoms with Crippen LogP contribution in [0, 0.1) is 5.92 Å². The lowest BCUT2D eigenvalue weighted by atomic mass is 9.90. The fourth-order valence-electron chi connectivity index (χ4n) is 6.65. The molecular formula is C43H45N3O6. The molecule has 3 N–H and O–H groups in total. The Hall–Kier alpha value is -5.03. The summed E-state index contributed by atoms with van der Waals surface area (Å²) in [5.41, 5.74) is 6.66. The van der Waals surface area contributed by atoms with E-state index in [9.17, 15) is 9.90 Å². The number of rotatable bonds is 11. The number of nitrogens with zero attached hydrogens (tertiary/aromatic N) is 1. The molecule has 2 fully saturated rings. The minimum absolute atomic E-state index is 0.00938. The van der Waals surface area contributed by atoms with Crippen LogP contribution in [-0.4, -0.2) is 55.0 Å². The van der Waals surface area contributed by atoms with Crippen molar-refractivity contribution in [3.05, 3.63) is 150 Å². The number of anilines is 1. The van der Waals surface area contributed by atoms with Gasteiger partial charge in [0.25, 0.3) is 0 Å². The molecule has 52 heavy (non-hydrogen) atoms. The van der Waals surface area contributed by atoms with Gasteiger partial charge in [-0.3, -0.25) is 4.90 Å². The molecule has 2 aliphatic heterocycles. The SMILES string of the molecule is C[C@H]1[C@@H](CN2CCOCC2)O[C@@H](c2ccc(-c3cccc(CNC(=O)Nc4ccc(Oc5ccccc5)cc4)c3)cc2)O[C@H]1c1ccc(CO)cc1. The van der Waals surface area contributed by atoms with Crippen molar-refractivity contribution in [2.24, 2.45) is 5.92 Å². The molecule has 7 rings (SSSR count). The van der Waals surface area contributed by atoms with Gasteiger partial charge in [0.15, 0.2) is 6.29 Å². The third-order valence-electron chi connectivity index (χ3n) is 9.65. The second kappa shape index (κ2) is 17.0. The van der Waals surface area contributed by atoms with E-state index in [1.54, 1.807) is 0 Å². The van der Waals surface area contributed by atoms with Crippen molar-refractivity contribution in [3.8, 4) is 22.6 Å². The Kier molecular flexibility index (Phi) is 11.6. The highest BCUT2D eigenvalue weighted by molar-refractivity contribution is 5.89. The van der Waals surface area contributed by atoms with Crippen LogP contribution in [-0.2, 0) is 27.4 Å². The van der Waals surface area contributed by atoms with Crippen LogP contribution >= 0.6 is 0 Å². The number of carbonyl (C=O) groups is 1. The molecule has 2 aliphatic rings. The van der Waals surface area contributed by atoms with E-state index in [1.807, 2.05) is 78.9 Å². The van der Waals surface area contributed by atoms with Gasteiger partial charge >= 0.3 is 6.03 Å². The third kappa shape index (κ3) is 9.06. The van der Waals surface area contributed by atoms with Crippen LogP contribution in [0.3, 0.4) is 0 Å². The van der Waals surface area contributed by atoms with Crippen molar-refractivity contribution in [2.75, 3.05) is 38.2 Å². The van der Waals surface area contributed by atoms with E-state index < -0.39 is 6.29 Å². The number of amides is 2. The largest absolute Gasteiger partial charge is 0.457 e. The zero-order valence-corrected chi connectivity index (χ0v) is 29.3. The average Bonchev–Trinajstić information content (AvgIpc) is 3.20. The first-order valence-corrected chi connectivity index (χ1v) is 17.9. The summed E-state index contributed by atoms with van der Waals surface area (Å²) in [7, 11) is 0. The Balaban J connectivity index is 0.980. The van der Waals surface area contributed by atoms with Crippen molar-refractivity contribution >= 4 is 11.7 Å². The number of nitrogens with one attached hydrogen (secondary N) is 2. The number of morpholine rings is 1. The van der Waals surface area contributed by atoms with Gasteiger partial charge in [-0.2, -0.15) is 0 Å². The highest BCUT2D eigenvalue weighted by atomic mass is 16.7. The smallest absolute Gasteiger partial charge is 0.319 e. The molecule has 5 aromatic rings. The van der Waals surface area contributed by atoms with Crippen molar-refractivity contribution in [1.29, 1.82) is 0 Å². The van der Waals surface area contributed by atoms with E-state index >= 15 is 0 Å². The molecule has 2 heterocycles. The molecule has 2 amide bonds. The lowest BCUT2D eigenvalue weighted by Crippen LogP contribution is -2.47. The number of aliphatic hydroxyl groups is 1. The van der Waals surface area contributed by atoms with Crippen LogP contribution in [0.5, 0.6) is 11.5 Å². The summed E-state index contributed by atoms with van der Waals surface area (Å²) in [4.78, 5) is 15.1. The van der Waals surface area contributed by atoms with Gasteiger partial charge < -0.3 is 34.7 Å². The Morgan fingerprint density at radius 1 is 0.769 bits per heavy atom. The molecule has 4 atom stereocenters. The van der Waals surface area contributed by atoms with Crippen LogP contribution in [0.25, 0.3) is 11.1 Å². The van der Waals surface area contributed by atoms with E-state index in [1.165, 1.54) is 0 Å². The maximum absolute atomic E-state index is 12.7. The Morgan fingerprint density at radius 2 is 1.48 bits per heavy atom. The lowest BCUT2D eigenvalue weighted by molar-refractivity contribution is -0.277. The molecule has 0 radical (unpaired) electrons. The molecule has 0 spiro atoms. The summed E-state index contributed by atoms with van der Waals surface area (Å²) in [5, 5.41) is 15.4. The molecule has 5 aromatic carbocycles. The number of para-hydroxylation sites is 1. The molecule has 9 nitrogen and oxygen atoms in total. The van der Waals surface area contributed by atoms with Gasteiger partial charge in [0.05, 0.1) is 32.0 Å². The van der Waals surface area contributed by atoms with Gasteiger partial charge in [0, 0.05) is 43.3 Å².